The maximum atomic E-state index is 11.3. The topological polar surface area (TPSA) is 82.1 Å². The molecule has 1 aromatic rings. The highest BCUT2D eigenvalue weighted by Crippen LogP contribution is 2.31. The first kappa shape index (κ1) is 15.6. The summed E-state index contributed by atoms with van der Waals surface area (Å²) in [5.74, 6) is -1.01. The molecule has 0 radical (unpaired) electrons. The number of carbonyl (C=O) groups excluding carboxylic acids is 1. The molecule has 1 aromatic carbocycles. The summed E-state index contributed by atoms with van der Waals surface area (Å²) in [6, 6.07) is 2.71. The quantitative estimate of drug-likeness (QED) is 0.633. The smallest absolute Gasteiger partial charge is 0.335 e. The van der Waals surface area contributed by atoms with Crippen LogP contribution in [0, 0.1) is 0 Å². The second-order valence-corrected chi connectivity index (χ2v) is 3.68. The van der Waals surface area contributed by atoms with Crippen molar-refractivity contribution < 1.29 is 28.9 Å². The van der Waals surface area contributed by atoms with Gasteiger partial charge in [0.25, 0.3) is 0 Å². The summed E-state index contributed by atoms with van der Waals surface area (Å²) in [7, 11) is 2.81. The second-order valence-electron chi connectivity index (χ2n) is 3.68. The van der Waals surface area contributed by atoms with Gasteiger partial charge >= 0.3 is 11.9 Å². The van der Waals surface area contributed by atoms with Gasteiger partial charge in [-0.2, -0.15) is 0 Å². The van der Waals surface area contributed by atoms with E-state index in [0.717, 1.165) is 0 Å². The summed E-state index contributed by atoms with van der Waals surface area (Å²) in [4.78, 5) is 22.3. The minimum absolute atomic E-state index is 0.0342. The molecule has 108 valence electrons. The molecule has 20 heavy (non-hydrogen) atoms. The Morgan fingerprint density at radius 3 is 2.15 bits per heavy atom. The molecule has 6 heteroatoms. The molecule has 0 aliphatic rings. The molecular formula is C14H16O6. The summed E-state index contributed by atoms with van der Waals surface area (Å²) >= 11 is 0. The maximum Gasteiger partial charge on any atom is 0.335 e. The minimum atomic E-state index is -1.09. The minimum Gasteiger partial charge on any atom is -0.496 e. The molecule has 0 aromatic heterocycles. The van der Waals surface area contributed by atoms with E-state index in [0.29, 0.717) is 17.1 Å². The maximum absolute atomic E-state index is 11.3. The van der Waals surface area contributed by atoms with Gasteiger partial charge in [-0.1, -0.05) is 0 Å². The first-order chi connectivity index (χ1) is 9.53. The van der Waals surface area contributed by atoms with Crippen molar-refractivity contribution in [1.82, 2.24) is 0 Å². The average molecular weight is 280 g/mol. The van der Waals surface area contributed by atoms with Crippen molar-refractivity contribution in [1.29, 1.82) is 0 Å². The molecule has 6 nitrogen and oxygen atoms in total. The normalized spacial score (nSPS) is 10.3. The Bertz CT molecular complexity index is 507. The first-order valence-electron chi connectivity index (χ1n) is 5.87. The third kappa shape index (κ3) is 3.74. The number of carboxylic acid groups (broad SMARTS) is 1. The Balaban J connectivity index is 3.23. The van der Waals surface area contributed by atoms with Crippen LogP contribution in [0.1, 0.15) is 22.8 Å². The number of ether oxygens (including phenoxy) is 3. The molecule has 0 aliphatic carbocycles. The summed E-state index contributed by atoms with van der Waals surface area (Å²) in [5, 5.41) is 9.00. The van der Waals surface area contributed by atoms with Crippen molar-refractivity contribution >= 4 is 18.0 Å². The molecule has 0 saturated heterocycles. The van der Waals surface area contributed by atoms with Crippen LogP contribution in [0.25, 0.3) is 6.08 Å². The van der Waals surface area contributed by atoms with Crippen LogP contribution in [-0.2, 0) is 9.53 Å². The Kier molecular flexibility index (Phi) is 5.58. The molecule has 0 saturated carbocycles. The Morgan fingerprint density at radius 2 is 1.75 bits per heavy atom. The van der Waals surface area contributed by atoms with Gasteiger partial charge in [-0.25, -0.2) is 9.59 Å². The SMILES string of the molecule is CCOC(=O)C=Cc1c(OC)cc(C(=O)O)cc1OC. The average Bonchev–Trinajstić information content (AvgIpc) is 2.44. The number of hydrogen-bond acceptors (Lipinski definition) is 5. The van der Waals surface area contributed by atoms with Crippen molar-refractivity contribution in [2.24, 2.45) is 0 Å². The number of carbonyl (C=O) groups is 2. The largest absolute Gasteiger partial charge is 0.496 e. The van der Waals surface area contributed by atoms with E-state index < -0.39 is 11.9 Å². The molecule has 1 rings (SSSR count). The van der Waals surface area contributed by atoms with Crippen molar-refractivity contribution in [3.63, 3.8) is 0 Å². The fourth-order valence-electron chi connectivity index (χ4n) is 1.57. The van der Waals surface area contributed by atoms with Gasteiger partial charge in [-0.3, -0.25) is 0 Å². The van der Waals surface area contributed by atoms with E-state index in [2.05, 4.69) is 0 Å². The summed E-state index contributed by atoms with van der Waals surface area (Å²) in [6.07, 6.45) is 2.69. The zero-order chi connectivity index (χ0) is 15.1. The highest BCUT2D eigenvalue weighted by atomic mass is 16.5. The van der Waals surface area contributed by atoms with Gasteiger partial charge in [0.2, 0.25) is 0 Å². The van der Waals surface area contributed by atoms with Gasteiger partial charge in [0.1, 0.15) is 11.5 Å². The van der Waals surface area contributed by atoms with Gasteiger partial charge in [-0.15, -0.1) is 0 Å². The standard InChI is InChI=1S/C14H16O6/c1-4-20-13(15)6-5-10-11(18-2)7-9(14(16)17)8-12(10)19-3/h5-8H,4H2,1-3H3,(H,16,17). The molecule has 0 fully saturated rings. The number of aromatic carboxylic acids is 1. The number of carboxylic acids is 1. The predicted molar refractivity (Wildman–Crippen MR) is 72.2 cm³/mol. The van der Waals surface area contributed by atoms with Gasteiger partial charge in [-0.05, 0) is 25.1 Å². The molecule has 1 N–H and O–H groups in total. The molecule has 0 atom stereocenters. The van der Waals surface area contributed by atoms with Crippen LogP contribution < -0.4 is 9.47 Å². The third-order valence-corrected chi connectivity index (χ3v) is 2.46. The summed E-state index contributed by atoms with van der Waals surface area (Å²) in [5.41, 5.74) is 0.500. The van der Waals surface area contributed by atoms with Crippen molar-refractivity contribution in [3.8, 4) is 11.5 Å². The van der Waals surface area contributed by atoms with Crippen molar-refractivity contribution in [2.75, 3.05) is 20.8 Å². The molecule has 0 bridgehead atoms. The van der Waals surface area contributed by atoms with E-state index in [1.165, 1.54) is 38.5 Å². The van der Waals surface area contributed by atoms with E-state index in [1.54, 1.807) is 6.92 Å². The molecule has 0 aliphatic heterocycles. The predicted octanol–water partition coefficient (Wildman–Crippen LogP) is 1.98. The Hall–Kier alpha value is -2.50. The highest BCUT2D eigenvalue weighted by Gasteiger charge is 2.14. The van der Waals surface area contributed by atoms with Gasteiger partial charge in [0, 0.05) is 6.08 Å². The van der Waals surface area contributed by atoms with Gasteiger partial charge in [0.05, 0.1) is 32.0 Å². The Labute approximate surface area is 116 Å². The molecule has 0 heterocycles. The van der Waals surface area contributed by atoms with Gasteiger partial charge < -0.3 is 19.3 Å². The molecular weight excluding hydrogens is 264 g/mol. The molecule has 0 amide bonds. The van der Waals surface area contributed by atoms with Crippen LogP contribution >= 0.6 is 0 Å². The van der Waals surface area contributed by atoms with E-state index in [9.17, 15) is 9.59 Å². The number of esters is 1. The van der Waals surface area contributed by atoms with Crippen LogP contribution in [-0.4, -0.2) is 37.9 Å². The van der Waals surface area contributed by atoms with Crippen LogP contribution in [0.2, 0.25) is 0 Å². The van der Waals surface area contributed by atoms with Crippen LogP contribution in [0.5, 0.6) is 11.5 Å². The number of hydrogen-bond donors (Lipinski definition) is 1. The van der Waals surface area contributed by atoms with Crippen LogP contribution in [0.4, 0.5) is 0 Å². The zero-order valence-corrected chi connectivity index (χ0v) is 11.5. The van der Waals surface area contributed by atoms with Crippen molar-refractivity contribution in [3.05, 3.63) is 29.3 Å². The fraction of sp³-hybridized carbons (Fsp3) is 0.286. The van der Waals surface area contributed by atoms with E-state index in [-0.39, 0.29) is 12.2 Å². The number of rotatable bonds is 6. The molecule has 0 spiro atoms. The zero-order valence-electron chi connectivity index (χ0n) is 11.5. The first-order valence-corrected chi connectivity index (χ1v) is 5.87. The monoisotopic (exact) mass is 280 g/mol. The lowest BCUT2D eigenvalue weighted by molar-refractivity contribution is -0.137. The van der Waals surface area contributed by atoms with E-state index >= 15 is 0 Å². The number of methoxy groups -OCH3 is 2. The van der Waals surface area contributed by atoms with E-state index in [4.69, 9.17) is 19.3 Å². The van der Waals surface area contributed by atoms with Crippen LogP contribution in [0.3, 0.4) is 0 Å². The lowest BCUT2D eigenvalue weighted by Gasteiger charge is -2.11. The lowest BCUT2D eigenvalue weighted by atomic mass is 10.1. The highest BCUT2D eigenvalue weighted by molar-refractivity contribution is 5.92. The van der Waals surface area contributed by atoms with E-state index in [1.807, 2.05) is 0 Å². The second kappa shape index (κ2) is 7.18. The third-order valence-electron chi connectivity index (χ3n) is 2.46. The summed E-state index contributed by atoms with van der Waals surface area (Å²) < 4.78 is 15.0. The van der Waals surface area contributed by atoms with Crippen molar-refractivity contribution in [2.45, 2.75) is 6.92 Å². The molecule has 0 unspecified atom stereocenters. The van der Waals surface area contributed by atoms with Crippen LogP contribution in [0.15, 0.2) is 18.2 Å². The lowest BCUT2D eigenvalue weighted by Crippen LogP contribution is -2.02. The number of benzene rings is 1. The summed E-state index contributed by atoms with van der Waals surface area (Å²) in [6.45, 7) is 1.98. The van der Waals surface area contributed by atoms with Gasteiger partial charge in [0.15, 0.2) is 0 Å². The Morgan fingerprint density at radius 1 is 1.20 bits per heavy atom. The fourth-order valence-corrected chi connectivity index (χ4v) is 1.57.